The van der Waals surface area contributed by atoms with Crippen molar-refractivity contribution in [2.45, 2.75) is 0 Å². The van der Waals surface area contributed by atoms with E-state index < -0.39 is 0 Å². The van der Waals surface area contributed by atoms with Crippen molar-refractivity contribution < 1.29 is 14.0 Å². The molecule has 138 valence electrons. The summed E-state index contributed by atoms with van der Waals surface area (Å²) in [4.78, 5) is 28.7. The summed E-state index contributed by atoms with van der Waals surface area (Å²) in [5.74, 6) is -0.454. The van der Waals surface area contributed by atoms with E-state index in [9.17, 15) is 9.59 Å². The second kappa shape index (κ2) is 7.66. The number of nitrogens with zero attached hydrogens (tertiary/aromatic N) is 1. The molecular formula is C21H14BrN3O3. The van der Waals surface area contributed by atoms with Crippen molar-refractivity contribution >= 4 is 50.1 Å². The van der Waals surface area contributed by atoms with Gasteiger partial charge in [0.05, 0.1) is 10.0 Å². The smallest absolute Gasteiger partial charge is 0.291 e. The second-order valence-corrected chi connectivity index (χ2v) is 6.85. The number of amides is 2. The molecule has 0 bridgehead atoms. The first kappa shape index (κ1) is 17.9. The van der Waals surface area contributed by atoms with E-state index in [1.54, 1.807) is 48.7 Å². The standard InChI is InChI=1S/C21H14BrN3O3/c22-17-8-1-4-13-10-18(28-19(13)17)21(27)25-16-7-2-6-15(11-16)24-20(26)14-5-3-9-23-12-14/h1-12H,(H,24,26)(H,25,27). The number of pyridine rings is 1. The number of hydrogen-bond donors (Lipinski definition) is 2. The Balaban J connectivity index is 1.50. The predicted molar refractivity (Wildman–Crippen MR) is 110 cm³/mol. The summed E-state index contributed by atoms with van der Waals surface area (Å²) in [5.41, 5.74) is 2.16. The lowest BCUT2D eigenvalue weighted by Gasteiger charge is -2.08. The van der Waals surface area contributed by atoms with Crippen LogP contribution in [0.15, 0.2) is 81.9 Å². The van der Waals surface area contributed by atoms with E-state index in [0.717, 1.165) is 9.86 Å². The molecule has 0 saturated heterocycles. The maximum atomic E-state index is 12.5. The lowest BCUT2D eigenvalue weighted by atomic mass is 10.2. The average molecular weight is 436 g/mol. The number of carbonyl (C=O) groups excluding carboxylic acids is 2. The normalized spacial score (nSPS) is 10.6. The van der Waals surface area contributed by atoms with Crippen LogP contribution in [-0.2, 0) is 0 Å². The van der Waals surface area contributed by atoms with Crippen molar-refractivity contribution in [3.05, 3.63) is 88.9 Å². The lowest BCUT2D eigenvalue weighted by Crippen LogP contribution is -2.13. The quantitative estimate of drug-likeness (QED) is 0.467. The van der Waals surface area contributed by atoms with Gasteiger partial charge >= 0.3 is 0 Å². The third kappa shape index (κ3) is 3.79. The summed E-state index contributed by atoms with van der Waals surface area (Å²) in [6.45, 7) is 0. The van der Waals surface area contributed by atoms with Gasteiger partial charge in [0.1, 0.15) is 5.58 Å². The SMILES string of the molecule is O=C(Nc1cccc(NC(=O)c2cc3cccc(Br)c3o2)c1)c1cccnc1. The molecule has 2 aromatic carbocycles. The van der Waals surface area contributed by atoms with E-state index in [1.165, 1.54) is 6.20 Å². The Morgan fingerprint density at radius 2 is 1.64 bits per heavy atom. The second-order valence-electron chi connectivity index (χ2n) is 6.00. The van der Waals surface area contributed by atoms with Gasteiger partial charge in [0, 0.05) is 29.2 Å². The highest BCUT2D eigenvalue weighted by Gasteiger charge is 2.14. The molecule has 2 N–H and O–H groups in total. The van der Waals surface area contributed by atoms with Crippen LogP contribution >= 0.6 is 15.9 Å². The topological polar surface area (TPSA) is 84.2 Å². The summed E-state index contributed by atoms with van der Waals surface area (Å²) >= 11 is 3.41. The number of para-hydroxylation sites is 1. The van der Waals surface area contributed by atoms with E-state index in [4.69, 9.17) is 4.42 Å². The van der Waals surface area contributed by atoms with Gasteiger partial charge in [-0.15, -0.1) is 0 Å². The van der Waals surface area contributed by atoms with E-state index in [-0.39, 0.29) is 17.6 Å². The van der Waals surface area contributed by atoms with E-state index in [2.05, 4.69) is 31.5 Å². The molecule has 2 heterocycles. The number of carbonyl (C=O) groups is 2. The Bertz CT molecular complexity index is 1170. The molecule has 4 rings (SSSR count). The van der Waals surface area contributed by atoms with Crippen molar-refractivity contribution in [2.75, 3.05) is 10.6 Å². The van der Waals surface area contributed by atoms with Crippen molar-refractivity contribution in [1.29, 1.82) is 0 Å². The number of nitrogens with one attached hydrogen (secondary N) is 2. The van der Waals surface area contributed by atoms with Crippen molar-refractivity contribution in [3.8, 4) is 0 Å². The fourth-order valence-electron chi connectivity index (χ4n) is 2.71. The molecule has 7 heteroatoms. The zero-order valence-corrected chi connectivity index (χ0v) is 16.1. The Morgan fingerprint density at radius 3 is 2.36 bits per heavy atom. The van der Waals surface area contributed by atoms with Crippen LogP contribution in [0.2, 0.25) is 0 Å². The molecule has 0 radical (unpaired) electrons. The molecule has 0 fully saturated rings. The van der Waals surface area contributed by atoms with Crippen LogP contribution in [0, 0.1) is 0 Å². The number of fused-ring (bicyclic) bond motifs is 1. The number of halogens is 1. The first-order valence-corrected chi connectivity index (χ1v) is 9.20. The molecule has 4 aromatic rings. The van der Waals surface area contributed by atoms with Crippen molar-refractivity contribution in [2.24, 2.45) is 0 Å². The van der Waals surface area contributed by atoms with Gasteiger partial charge in [-0.05, 0) is 58.4 Å². The van der Waals surface area contributed by atoms with E-state index in [0.29, 0.717) is 22.5 Å². The van der Waals surface area contributed by atoms with Gasteiger partial charge in [0.15, 0.2) is 5.76 Å². The van der Waals surface area contributed by atoms with Gasteiger partial charge in [-0.1, -0.05) is 18.2 Å². The highest BCUT2D eigenvalue weighted by Crippen LogP contribution is 2.27. The zero-order chi connectivity index (χ0) is 19.5. The van der Waals surface area contributed by atoms with Gasteiger partial charge < -0.3 is 15.1 Å². The number of hydrogen-bond acceptors (Lipinski definition) is 4. The van der Waals surface area contributed by atoms with Gasteiger partial charge in [-0.25, -0.2) is 0 Å². The number of rotatable bonds is 4. The fraction of sp³-hybridized carbons (Fsp3) is 0. The molecule has 2 aromatic heterocycles. The Hall–Kier alpha value is -3.45. The maximum Gasteiger partial charge on any atom is 0.291 e. The van der Waals surface area contributed by atoms with Crippen LogP contribution in [0.1, 0.15) is 20.9 Å². The van der Waals surface area contributed by atoms with Crippen LogP contribution < -0.4 is 10.6 Å². The molecule has 0 unspecified atom stereocenters. The van der Waals surface area contributed by atoms with Crippen LogP contribution in [0.5, 0.6) is 0 Å². The van der Waals surface area contributed by atoms with E-state index in [1.807, 2.05) is 18.2 Å². The molecule has 6 nitrogen and oxygen atoms in total. The molecule has 0 atom stereocenters. The minimum Gasteiger partial charge on any atom is -0.450 e. The third-order valence-corrected chi connectivity index (χ3v) is 4.65. The average Bonchev–Trinajstić information content (AvgIpc) is 3.15. The number of aromatic nitrogens is 1. The molecule has 2 amide bonds. The monoisotopic (exact) mass is 435 g/mol. The molecule has 0 aliphatic rings. The zero-order valence-electron chi connectivity index (χ0n) is 14.5. The molecule has 0 aliphatic carbocycles. The van der Waals surface area contributed by atoms with Crippen LogP contribution in [0.25, 0.3) is 11.0 Å². The lowest BCUT2D eigenvalue weighted by molar-refractivity contribution is 0.0997. The van der Waals surface area contributed by atoms with Gasteiger partial charge in [0.2, 0.25) is 0 Å². The minimum atomic E-state index is -0.376. The largest absolute Gasteiger partial charge is 0.450 e. The number of benzene rings is 2. The van der Waals surface area contributed by atoms with Crippen LogP contribution in [-0.4, -0.2) is 16.8 Å². The highest BCUT2D eigenvalue weighted by molar-refractivity contribution is 9.10. The summed E-state index contributed by atoms with van der Waals surface area (Å²) in [5, 5.41) is 6.39. The molecule has 28 heavy (non-hydrogen) atoms. The first-order valence-electron chi connectivity index (χ1n) is 8.41. The predicted octanol–water partition coefficient (Wildman–Crippen LogP) is 5.09. The maximum absolute atomic E-state index is 12.5. The van der Waals surface area contributed by atoms with Gasteiger partial charge in [-0.2, -0.15) is 0 Å². The van der Waals surface area contributed by atoms with Crippen LogP contribution in [0.3, 0.4) is 0 Å². The Labute approximate surface area is 168 Å². The molecule has 0 spiro atoms. The molecular weight excluding hydrogens is 422 g/mol. The summed E-state index contributed by atoms with van der Waals surface area (Å²) in [6.07, 6.45) is 3.09. The molecule has 0 aliphatic heterocycles. The van der Waals surface area contributed by atoms with E-state index >= 15 is 0 Å². The molecule has 0 saturated carbocycles. The number of anilines is 2. The van der Waals surface area contributed by atoms with Gasteiger partial charge in [0.25, 0.3) is 11.8 Å². The third-order valence-electron chi connectivity index (χ3n) is 4.02. The summed E-state index contributed by atoms with van der Waals surface area (Å²) in [7, 11) is 0. The summed E-state index contributed by atoms with van der Waals surface area (Å²) < 4.78 is 6.43. The van der Waals surface area contributed by atoms with Crippen molar-refractivity contribution in [3.63, 3.8) is 0 Å². The fourth-order valence-corrected chi connectivity index (χ4v) is 3.17. The van der Waals surface area contributed by atoms with Crippen LogP contribution in [0.4, 0.5) is 11.4 Å². The van der Waals surface area contributed by atoms with Crippen molar-refractivity contribution in [1.82, 2.24) is 4.98 Å². The first-order chi connectivity index (χ1) is 13.6. The number of furan rings is 1. The minimum absolute atomic E-state index is 0.201. The Kier molecular flexibility index (Phi) is 4.90. The Morgan fingerprint density at radius 1 is 0.893 bits per heavy atom. The van der Waals surface area contributed by atoms with Gasteiger partial charge in [-0.3, -0.25) is 14.6 Å². The highest BCUT2D eigenvalue weighted by atomic mass is 79.9. The summed E-state index contributed by atoms with van der Waals surface area (Å²) in [6, 6.07) is 17.5.